The van der Waals surface area contributed by atoms with E-state index in [1.165, 1.54) is 5.56 Å². The average Bonchev–Trinajstić information content (AvgIpc) is 2.45. The molecule has 1 aliphatic heterocycles. The first-order valence-electron chi connectivity index (χ1n) is 7.20. The maximum atomic E-state index is 12.0. The van der Waals surface area contributed by atoms with Gasteiger partial charge in [-0.2, -0.15) is 0 Å². The summed E-state index contributed by atoms with van der Waals surface area (Å²) in [6.07, 6.45) is 0.817. The summed E-state index contributed by atoms with van der Waals surface area (Å²) in [5.74, 6) is 0.127. The van der Waals surface area contributed by atoms with Crippen molar-refractivity contribution in [3.63, 3.8) is 0 Å². The minimum atomic E-state index is -0.0698. The molecule has 0 saturated carbocycles. The van der Waals surface area contributed by atoms with Gasteiger partial charge in [-0.15, -0.1) is 0 Å². The van der Waals surface area contributed by atoms with Gasteiger partial charge in [-0.25, -0.2) is 0 Å². The van der Waals surface area contributed by atoms with Gasteiger partial charge in [-0.1, -0.05) is 19.9 Å². The zero-order chi connectivity index (χ0) is 14.5. The third kappa shape index (κ3) is 3.33. The summed E-state index contributed by atoms with van der Waals surface area (Å²) in [4.78, 5) is 14.1. The van der Waals surface area contributed by atoms with Gasteiger partial charge in [0.2, 0.25) is 5.91 Å². The summed E-state index contributed by atoms with van der Waals surface area (Å²) < 4.78 is 1.06. The van der Waals surface area contributed by atoms with Crippen molar-refractivity contribution in [2.24, 2.45) is 0 Å². The smallest absolute Gasteiger partial charge is 0.242 e. The fourth-order valence-corrected chi connectivity index (χ4v) is 3.23. The number of hydrogen-bond acceptors (Lipinski definition) is 3. The molecule has 2 rings (SSSR count). The van der Waals surface area contributed by atoms with Crippen molar-refractivity contribution < 1.29 is 4.79 Å². The van der Waals surface area contributed by atoms with E-state index in [1.54, 1.807) is 0 Å². The molecule has 4 nitrogen and oxygen atoms in total. The third-order valence-corrected chi connectivity index (χ3v) is 4.25. The fraction of sp³-hybridized carbons (Fsp3) is 0.533. The van der Waals surface area contributed by atoms with Crippen LogP contribution < -0.4 is 15.5 Å². The van der Waals surface area contributed by atoms with E-state index in [9.17, 15) is 4.79 Å². The quantitative estimate of drug-likeness (QED) is 0.864. The lowest BCUT2D eigenvalue weighted by Gasteiger charge is -2.37. The van der Waals surface area contributed by atoms with Crippen LogP contribution >= 0.6 is 15.9 Å². The van der Waals surface area contributed by atoms with E-state index in [-0.39, 0.29) is 11.9 Å². The molecular formula is C15H22BrN3O. The Morgan fingerprint density at radius 1 is 1.45 bits per heavy atom. The summed E-state index contributed by atoms with van der Waals surface area (Å²) in [7, 11) is 0. The number of amides is 1. The number of halogens is 1. The lowest BCUT2D eigenvalue weighted by atomic mass is 10.1. The van der Waals surface area contributed by atoms with E-state index in [1.807, 2.05) is 0 Å². The van der Waals surface area contributed by atoms with Crippen LogP contribution in [0.15, 0.2) is 22.7 Å². The van der Waals surface area contributed by atoms with Gasteiger partial charge in [-0.3, -0.25) is 4.79 Å². The number of carbonyl (C=O) groups excluding carboxylic acids is 1. The summed E-state index contributed by atoms with van der Waals surface area (Å²) in [5, 5.41) is 6.25. The number of rotatable bonds is 5. The van der Waals surface area contributed by atoms with Crippen LogP contribution in [0.1, 0.15) is 25.8 Å². The second-order valence-electron chi connectivity index (χ2n) is 4.97. The van der Waals surface area contributed by atoms with E-state index < -0.39 is 0 Å². The van der Waals surface area contributed by atoms with E-state index in [4.69, 9.17) is 0 Å². The summed E-state index contributed by atoms with van der Waals surface area (Å²) >= 11 is 3.65. The van der Waals surface area contributed by atoms with Crippen LogP contribution in [-0.2, 0) is 11.3 Å². The highest BCUT2D eigenvalue weighted by Gasteiger charge is 2.29. The Bertz CT molecular complexity index is 478. The maximum absolute atomic E-state index is 12.0. The molecule has 0 aliphatic carbocycles. The number of piperazine rings is 1. The Morgan fingerprint density at radius 2 is 2.25 bits per heavy atom. The highest BCUT2D eigenvalue weighted by Crippen LogP contribution is 2.30. The Morgan fingerprint density at radius 3 is 2.90 bits per heavy atom. The van der Waals surface area contributed by atoms with Crippen LogP contribution in [0.2, 0.25) is 0 Å². The number of benzene rings is 1. The standard InChI is InChI=1S/C15H22BrN3O/c1-3-13-15(20)18-7-8-19(13)14-6-5-11(9-12(14)16)10-17-4-2/h5-6,9,13,17H,3-4,7-8,10H2,1-2H3,(H,18,20). The molecule has 1 aromatic carbocycles. The Kier molecular flexibility index (Phi) is 5.43. The summed E-state index contributed by atoms with van der Waals surface area (Å²) in [5.41, 5.74) is 2.35. The first kappa shape index (κ1) is 15.3. The molecule has 0 spiro atoms. The van der Waals surface area contributed by atoms with Gasteiger partial charge in [0.1, 0.15) is 6.04 Å². The van der Waals surface area contributed by atoms with Crippen molar-refractivity contribution in [2.45, 2.75) is 32.9 Å². The SMILES string of the molecule is CCNCc1ccc(N2CCNC(=O)C2CC)c(Br)c1. The minimum Gasteiger partial charge on any atom is -0.357 e. The van der Waals surface area contributed by atoms with Crippen molar-refractivity contribution in [3.8, 4) is 0 Å². The molecule has 1 fully saturated rings. The van der Waals surface area contributed by atoms with Gasteiger partial charge >= 0.3 is 0 Å². The molecule has 1 heterocycles. The molecule has 1 unspecified atom stereocenters. The molecule has 1 aromatic rings. The molecular weight excluding hydrogens is 318 g/mol. The third-order valence-electron chi connectivity index (χ3n) is 3.62. The van der Waals surface area contributed by atoms with Crippen LogP contribution in [0.3, 0.4) is 0 Å². The van der Waals surface area contributed by atoms with Crippen LogP contribution in [-0.4, -0.2) is 31.6 Å². The number of carbonyl (C=O) groups is 1. The van der Waals surface area contributed by atoms with Crippen molar-refractivity contribution in [1.29, 1.82) is 0 Å². The van der Waals surface area contributed by atoms with E-state index in [2.05, 4.69) is 63.5 Å². The first-order valence-corrected chi connectivity index (χ1v) is 8.00. The highest BCUT2D eigenvalue weighted by atomic mass is 79.9. The average molecular weight is 340 g/mol. The van der Waals surface area contributed by atoms with Gasteiger partial charge in [0, 0.05) is 24.1 Å². The number of nitrogens with one attached hydrogen (secondary N) is 2. The zero-order valence-electron chi connectivity index (χ0n) is 12.1. The molecule has 0 aromatic heterocycles. The lowest BCUT2D eigenvalue weighted by molar-refractivity contribution is -0.123. The molecule has 1 amide bonds. The monoisotopic (exact) mass is 339 g/mol. The van der Waals surface area contributed by atoms with Crippen LogP contribution in [0, 0.1) is 0 Å². The van der Waals surface area contributed by atoms with Crippen molar-refractivity contribution in [2.75, 3.05) is 24.5 Å². The molecule has 2 N–H and O–H groups in total. The van der Waals surface area contributed by atoms with Crippen molar-refractivity contribution in [1.82, 2.24) is 10.6 Å². The highest BCUT2D eigenvalue weighted by molar-refractivity contribution is 9.10. The molecule has 0 bridgehead atoms. The van der Waals surface area contributed by atoms with Crippen molar-refractivity contribution >= 4 is 27.5 Å². The van der Waals surface area contributed by atoms with E-state index in [0.29, 0.717) is 6.54 Å². The van der Waals surface area contributed by atoms with Crippen molar-refractivity contribution in [3.05, 3.63) is 28.2 Å². The summed E-state index contributed by atoms with van der Waals surface area (Å²) in [6.45, 7) is 7.55. The van der Waals surface area contributed by atoms with E-state index >= 15 is 0 Å². The maximum Gasteiger partial charge on any atom is 0.242 e. The molecule has 1 aliphatic rings. The normalized spacial score (nSPS) is 19.1. The number of nitrogens with zero attached hydrogens (tertiary/aromatic N) is 1. The second kappa shape index (κ2) is 7.09. The first-order chi connectivity index (χ1) is 9.67. The van der Waals surface area contributed by atoms with Crippen LogP contribution in [0.4, 0.5) is 5.69 Å². The Labute approximate surface area is 129 Å². The zero-order valence-corrected chi connectivity index (χ0v) is 13.7. The topological polar surface area (TPSA) is 44.4 Å². The van der Waals surface area contributed by atoms with Gasteiger partial charge in [0.05, 0.1) is 5.69 Å². The lowest BCUT2D eigenvalue weighted by Crippen LogP contribution is -2.55. The van der Waals surface area contributed by atoms with Crippen LogP contribution in [0.5, 0.6) is 0 Å². The predicted molar refractivity (Wildman–Crippen MR) is 86.0 cm³/mol. The van der Waals surface area contributed by atoms with Gasteiger partial charge in [-0.05, 0) is 46.6 Å². The largest absolute Gasteiger partial charge is 0.357 e. The van der Waals surface area contributed by atoms with E-state index in [0.717, 1.165) is 36.2 Å². The molecule has 1 saturated heterocycles. The van der Waals surface area contributed by atoms with Crippen LogP contribution in [0.25, 0.3) is 0 Å². The van der Waals surface area contributed by atoms with Gasteiger partial charge in [0.25, 0.3) is 0 Å². The van der Waals surface area contributed by atoms with Gasteiger partial charge in [0.15, 0.2) is 0 Å². The second-order valence-corrected chi connectivity index (χ2v) is 5.83. The number of hydrogen-bond donors (Lipinski definition) is 2. The molecule has 1 atom stereocenters. The molecule has 0 radical (unpaired) electrons. The molecule has 110 valence electrons. The predicted octanol–water partition coefficient (Wildman–Crippen LogP) is 2.27. The number of anilines is 1. The molecule has 5 heteroatoms. The molecule has 20 heavy (non-hydrogen) atoms. The Balaban J connectivity index is 2.21. The minimum absolute atomic E-state index is 0.0698. The Hall–Kier alpha value is -1.07. The fourth-order valence-electron chi connectivity index (χ4n) is 2.57. The summed E-state index contributed by atoms with van der Waals surface area (Å²) in [6, 6.07) is 6.30. The van der Waals surface area contributed by atoms with Gasteiger partial charge < -0.3 is 15.5 Å².